The normalized spacial score (nSPS) is 27.2. The topological polar surface area (TPSA) is 18.5 Å². The summed E-state index contributed by atoms with van der Waals surface area (Å²) in [5.74, 6) is 1.72. The van der Waals surface area contributed by atoms with Gasteiger partial charge in [0.05, 0.1) is 6.61 Å². The van der Waals surface area contributed by atoms with Crippen LogP contribution in [0, 0.1) is 17.3 Å². The van der Waals surface area contributed by atoms with Gasteiger partial charge in [-0.2, -0.15) is 0 Å². The Bertz CT molecular complexity index is 171. The highest BCUT2D eigenvalue weighted by Crippen LogP contribution is 2.59. The smallest absolute Gasteiger partial charge is 0.0522 e. The summed E-state index contributed by atoms with van der Waals surface area (Å²) in [6.07, 6.45) is 5.54. The third-order valence-electron chi connectivity index (χ3n) is 3.65. The van der Waals surface area contributed by atoms with Gasteiger partial charge in [0, 0.05) is 20.8 Å². The molecule has 2 aliphatic rings. The molecule has 2 nitrogen and oxygen atoms in total. The van der Waals surface area contributed by atoms with E-state index in [4.69, 9.17) is 9.47 Å². The van der Waals surface area contributed by atoms with Crippen molar-refractivity contribution < 1.29 is 9.47 Å². The molecular weight excluding hydrogens is 164 g/mol. The summed E-state index contributed by atoms with van der Waals surface area (Å²) < 4.78 is 10.6. The molecule has 0 spiro atoms. The van der Waals surface area contributed by atoms with Crippen LogP contribution in [0.1, 0.15) is 25.7 Å². The summed E-state index contributed by atoms with van der Waals surface area (Å²) in [5.41, 5.74) is 0.506. The molecule has 0 amide bonds. The van der Waals surface area contributed by atoms with Crippen LogP contribution in [0.25, 0.3) is 0 Å². The van der Waals surface area contributed by atoms with Crippen molar-refractivity contribution in [3.63, 3.8) is 0 Å². The van der Waals surface area contributed by atoms with E-state index in [0.29, 0.717) is 5.41 Å². The highest BCUT2D eigenvalue weighted by molar-refractivity contribution is 5.03. The van der Waals surface area contributed by atoms with Crippen LogP contribution in [0.5, 0.6) is 0 Å². The maximum absolute atomic E-state index is 5.32. The first-order chi connectivity index (χ1) is 6.32. The van der Waals surface area contributed by atoms with Crippen molar-refractivity contribution in [1.29, 1.82) is 0 Å². The lowest BCUT2D eigenvalue weighted by atomic mass is 9.86. The lowest BCUT2D eigenvalue weighted by molar-refractivity contribution is 0.0461. The monoisotopic (exact) mass is 184 g/mol. The second kappa shape index (κ2) is 3.58. The number of ether oxygens (including phenoxy) is 2. The summed E-state index contributed by atoms with van der Waals surface area (Å²) in [5, 5.41) is 0. The van der Waals surface area contributed by atoms with Crippen LogP contribution in [0.2, 0.25) is 0 Å². The van der Waals surface area contributed by atoms with Crippen LogP contribution in [0.4, 0.5) is 0 Å². The molecule has 2 saturated carbocycles. The molecule has 0 aromatic heterocycles. The van der Waals surface area contributed by atoms with Gasteiger partial charge in [-0.05, 0) is 42.9 Å². The van der Waals surface area contributed by atoms with Crippen LogP contribution < -0.4 is 0 Å². The van der Waals surface area contributed by atoms with Crippen molar-refractivity contribution >= 4 is 0 Å². The van der Waals surface area contributed by atoms with Crippen molar-refractivity contribution in [2.75, 3.05) is 27.4 Å². The van der Waals surface area contributed by atoms with Crippen molar-refractivity contribution in [1.82, 2.24) is 0 Å². The van der Waals surface area contributed by atoms with Crippen molar-refractivity contribution in [3.8, 4) is 0 Å². The first kappa shape index (κ1) is 9.47. The van der Waals surface area contributed by atoms with E-state index in [0.717, 1.165) is 25.0 Å². The van der Waals surface area contributed by atoms with Crippen molar-refractivity contribution in [2.45, 2.75) is 25.7 Å². The molecule has 0 saturated heterocycles. The van der Waals surface area contributed by atoms with Crippen LogP contribution in [-0.2, 0) is 9.47 Å². The molecule has 0 radical (unpaired) electrons. The number of hydrogen-bond donors (Lipinski definition) is 0. The van der Waals surface area contributed by atoms with E-state index in [1.165, 1.54) is 25.7 Å². The Hall–Kier alpha value is -0.0800. The Labute approximate surface area is 80.6 Å². The third-order valence-corrected chi connectivity index (χ3v) is 3.65. The molecule has 0 aromatic carbocycles. The zero-order valence-electron chi connectivity index (χ0n) is 8.71. The van der Waals surface area contributed by atoms with Gasteiger partial charge in [0.1, 0.15) is 0 Å². The van der Waals surface area contributed by atoms with Gasteiger partial charge in [0.2, 0.25) is 0 Å². The number of methoxy groups -OCH3 is 2. The molecule has 2 rings (SSSR count). The van der Waals surface area contributed by atoms with E-state index >= 15 is 0 Å². The zero-order valence-corrected chi connectivity index (χ0v) is 8.71. The van der Waals surface area contributed by atoms with Gasteiger partial charge in [0.25, 0.3) is 0 Å². The predicted molar refractivity (Wildman–Crippen MR) is 51.6 cm³/mol. The van der Waals surface area contributed by atoms with Gasteiger partial charge in [-0.15, -0.1) is 0 Å². The van der Waals surface area contributed by atoms with Crippen molar-refractivity contribution in [3.05, 3.63) is 0 Å². The molecule has 0 N–H and O–H groups in total. The second-order valence-corrected chi connectivity index (χ2v) is 4.69. The van der Waals surface area contributed by atoms with Gasteiger partial charge >= 0.3 is 0 Å². The molecule has 1 unspecified atom stereocenters. The van der Waals surface area contributed by atoms with Gasteiger partial charge in [-0.3, -0.25) is 0 Å². The van der Waals surface area contributed by atoms with Gasteiger partial charge in [-0.1, -0.05) is 0 Å². The average Bonchev–Trinajstić information content (AvgIpc) is 2.97. The fraction of sp³-hybridized carbons (Fsp3) is 1.00. The molecular formula is C11H20O2. The molecule has 2 aliphatic carbocycles. The highest BCUT2D eigenvalue weighted by Gasteiger charge is 2.53. The number of hydrogen-bond acceptors (Lipinski definition) is 2. The van der Waals surface area contributed by atoms with Gasteiger partial charge in [0.15, 0.2) is 0 Å². The van der Waals surface area contributed by atoms with E-state index in [1.807, 2.05) is 14.2 Å². The van der Waals surface area contributed by atoms with E-state index in [-0.39, 0.29) is 0 Å². The Kier molecular flexibility index (Phi) is 2.61. The molecule has 13 heavy (non-hydrogen) atoms. The molecule has 0 heterocycles. The van der Waals surface area contributed by atoms with Gasteiger partial charge < -0.3 is 9.47 Å². The fourth-order valence-electron chi connectivity index (χ4n) is 2.56. The Morgan fingerprint density at radius 1 is 1.23 bits per heavy atom. The van der Waals surface area contributed by atoms with E-state index < -0.39 is 0 Å². The molecule has 2 fully saturated rings. The summed E-state index contributed by atoms with van der Waals surface area (Å²) in [7, 11) is 3.63. The predicted octanol–water partition coefficient (Wildman–Crippen LogP) is 2.09. The minimum absolute atomic E-state index is 0.506. The minimum atomic E-state index is 0.506. The van der Waals surface area contributed by atoms with Crippen molar-refractivity contribution in [2.24, 2.45) is 17.3 Å². The van der Waals surface area contributed by atoms with Crippen LogP contribution in [-0.4, -0.2) is 27.4 Å². The summed E-state index contributed by atoms with van der Waals surface area (Å²) in [6, 6.07) is 0. The molecule has 0 aromatic rings. The summed E-state index contributed by atoms with van der Waals surface area (Å²) >= 11 is 0. The first-order valence-electron chi connectivity index (χ1n) is 5.30. The first-order valence-corrected chi connectivity index (χ1v) is 5.30. The summed E-state index contributed by atoms with van der Waals surface area (Å²) in [6.45, 7) is 1.88. The molecule has 76 valence electrons. The quantitative estimate of drug-likeness (QED) is 0.629. The van der Waals surface area contributed by atoms with E-state index in [1.54, 1.807) is 0 Å². The SMILES string of the molecule is COCC(C1CC1)C1(COC)CC1. The standard InChI is InChI=1S/C11H20O2/c1-12-7-10(9-3-4-9)11(5-6-11)8-13-2/h9-10H,3-8H2,1-2H3. The Balaban J connectivity index is 1.93. The molecule has 1 atom stereocenters. The molecule has 0 aliphatic heterocycles. The maximum atomic E-state index is 5.32. The maximum Gasteiger partial charge on any atom is 0.0522 e. The second-order valence-electron chi connectivity index (χ2n) is 4.69. The highest BCUT2D eigenvalue weighted by atomic mass is 16.5. The lowest BCUT2D eigenvalue weighted by Crippen LogP contribution is -2.27. The Morgan fingerprint density at radius 3 is 2.31 bits per heavy atom. The Morgan fingerprint density at radius 2 is 1.92 bits per heavy atom. The zero-order chi connectivity index (χ0) is 9.31. The molecule has 0 bridgehead atoms. The van der Waals surface area contributed by atoms with Crippen LogP contribution in [0.3, 0.4) is 0 Å². The average molecular weight is 184 g/mol. The summed E-state index contributed by atoms with van der Waals surface area (Å²) in [4.78, 5) is 0. The molecule has 2 heteroatoms. The number of rotatable bonds is 6. The van der Waals surface area contributed by atoms with E-state index in [9.17, 15) is 0 Å². The fourth-order valence-corrected chi connectivity index (χ4v) is 2.56. The van der Waals surface area contributed by atoms with Crippen LogP contribution >= 0.6 is 0 Å². The van der Waals surface area contributed by atoms with E-state index in [2.05, 4.69) is 0 Å². The van der Waals surface area contributed by atoms with Gasteiger partial charge in [-0.25, -0.2) is 0 Å². The minimum Gasteiger partial charge on any atom is -0.384 e. The third kappa shape index (κ3) is 1.89. The van der Waals surface area contributed by atoms with Crippen LogP contribution in [0.15, 0.2) is 0 Å². The lowest BCUT2D eigenvalue weighted by Gasteiger charge is -2.25. The largest absolute Gasteiger partial charge is 0.384 e.